The van der Waals surface area contributed by atoms with Crippen LogP contribution in [0.15, 0.2) is 48.5 Å². The number of imide groups is 1. The zero-order valence-corrected chi connectivity index (χ0v) is 16.5. The minimum Gasteiger partial charge on any atom is -0.325 e. The van der Waals surface area contributed by atoms with Crippen molar-refractivity contribution < 1.29 is 14.4 Å². The highest BCUT2D eigenvalue weighted by molar-refractivity contribution is 6.10. The Morgan fingerprint density at radius 3 is 2.79 bits per heavy atom. The van der Waals surface area contributed by atoms with Crippen LogP contribution < -0.4 is 10.6 Å². The number of rotatable bonds is 4. The fourth-order valence-electron chi connectivity index (χ4n) is 4.33. The highest BCUT2D eigenvalue weighted by Gasteiger charge is 2.53. The van der Waals surface area contributed by atoms with E-state index in [1.54, 1.807) is 6.07 Å². The molecule has 0 radical (unpaired) electrons. The van der Waals surface area contributed by atoms with E-state index in [0.29, 0.717) is 12.1 Å². The highest BCUT2D eigenvalue weighted by atomic mass is 16.2. The number of hydrogen-bond acceptors (Lipinski definition) is 3. The molecule has 2 aromatic rings. The standard InChI is InChI=1S/C23H25N3O3/c1-2-16-8-7-11-18(14-16)24-20(27)15-26-21(28)23(25-22(26)29)13-6-5-10-17-9-3-4-12-19(17)23/h3-4,7-9,11-12,14H,2,5-6,10,13,15H2,1H3,(H,24,27)(H,25,29). The van der Waals surface area contributed by atoms with Crippen molar-refractivity contribution in [1.82, 2.24) is 10.2 Å². The van der Waals surface area contributed by atoms with Gasteiger partial charge in [0.05, 0.1) is 0 Å². The second kappa shape index (κ2) is 7.70. The van der Waals surface area contributed by atoms with Crippen LogP contribution in [0.5, 0.6) is 0 Å². The van der Waals surface area contributed by atoms with Crippen molar-refractivity contribution in [3.8, 4) is 0 Å². The van der Waals surface area contributed by atoms with Gasteiger partial charge in [0.2, 0.25) is 5.91 Å². The number of hydrogen-bond donors (Lipinski definition) is 2. The summed E-state index contributed by atoms with van der Waals surface area (Å²) < 4.78 is 0. The first-order chi connectivity index (χ1) is 14.0. The lowest BCUT2D eigenvalue weighted by atomic mass is 9.84. The van der Waals surface area contributed by atoms with E-state index in [1.165, 1.54) is 0 Å². The molecule has 150 valence electrons. The topological polar surface area (TPSA) is 78.5 Å². The number of benzene rings is 2. The molecule has 4 amide bonds. The van der Waals surface area contributed by atoms with Gasteiger partial charge >= 0.3 is 6.03 Å². The van der Waals surface area contributed by atoms with Gasteiger partial charge in [-0.15, -0.1) is 0 Å². The number of urea groups is 1. The fraction of sp³-hybridized carbons (Fsp3) is 0.348. The predicted molar refractivity (Wildman–Crippen MR) is 110 cm³/mol. The quantitative estimate of drug-likeness (QED) is 0.785. The van der Waals surface area contributed by atoms with E-state index in [2.05, 4.69) is 10.6 Å². The number of nitrogens with one attached hydrogen (secondary N) is 2. The van der Waals surface area contributed by atoms with E-state index in [-0.39, 0.29) is 18.4 Å². The van der Waals surface area contributed by atoms with Gasteiger partial charge in [0.25, 0.3) is 5.91 Å². The Balaban J connectivity index is 1.55. The monoisotopic (exact) mass is 391 g/mol. The Labute approximate surface area is 170 Å². The largest absolute Gasteiger partial charge is 0.325 e. The molecule has 2 aliphatic rings. The summed E-state index contributed by atoms with van der Waals surface area (Å²) in [6.45, 7) is 1.74. The molecule has 6 heteroatoms. The van der Waals surface area contributed by atoms with Gasteiger partial charge in [-0.2, -0.15) is 0 Å². The van der Waals surface area contributed by atoms with Crippen molar-refractivity contribution in [2.75, 3.05) is 11.9 Å². The second-order valence-corrected chi connectivity index (χ2v) is 7.69. The summed E-state index contributed by atoms with van der Waals surface area (Å²) in [5.41, 5.74) is 2.64. The SMILES string of the molecule is CCc1cccc(NC(=O)CN2C(=O)NC3(CCCCc4ccccc43)C2=O)c1. The van der Waals surface area contributed by atoms with Crippen molar-refractivity contribution >= 4 is 23.5 Å². The van der Waals surface area contributed by atoms with Crippen LogP contribution in [0, 0.1) is 0 Å². The average Bonchev–Trinajstić information content (AvgIpc) is 2.86. The van der Waals surface area contributed by atoms with Gasteiger partial charge in [-0.05, 0) is 60.9 Å². The van der Waals surface area contributed by atoms with E-state index in [0.717, 1.165) is 47.3 Å². The van der Waals surface area contributed by atoms with Gasteiger partial charge in [0.1, 0.15) is 12.1 Å². The first-order valence-corrected chi connectivity index (χ1v) is 10.1. The number of carbonyl (C=O) groups excluding carboxylic acids is 3. The number of carbonyl (C=O) groups is 3. The molecule has 1 atom stereocenters. The zero-order chi connectivity index (χ0) is 20.4. The molecule has 2 aromatic carbocycles. The molecular formula is C23H25N3O3. The minimum atomic E-state index is -1.06. The van der Waals surface area contributed by atoms with Crippen molar-refractivity contribution in [2.45, 2.75) is 44.6 Å². The molecule has 0 aromatic heterocycles. The fourth-order valence-corrected chi connectivity index (χ4v) is 4.33. The molecule has 1 fully saturated rings. The van der Waals surface area contributed by atoms with Crippen LogP contribution in [-0.2, 0) is 28.0 Å². The van der Waals surface area contributed by atoms with Crippen molar-refractivity contribution in [1.29, 1.82) is 0 Å². The van der Waals surface area contributed by atoms with Crippen LogP contribution in [0.3, 0.4) is 0 Å². The normalized spacial score (nSPS) is 20.9. The molecule has 0 bridgehead atoms. The minimum absolute atomic E-state index is 0.301. The third-order valence-corrected chi connectivity index (χ3v) is 5.82. The number of amides is 4. The van der Waals surface area contributed by atoms with Crippen LogP contribution >= 0.6 is 0 Å². The lowest BCUT2D eigenvalue weighted by molar-refractivity contribution is -0.134. The third-order valence-electron chi connectivity index (χ3n) is 5.82. The smallest absolute Gasteiger partial charge is 0.325 e. The molecule has 1 aliphatic carbocycles. The van der Waals surface area contributed by atoms with Crippen molar-refractivity contribution in [3.05, 3.63) is 65.2 Å². The summed E-state index contributed by atoms with van der Waals surface area (Å²) in [4.78, 5) is 39.6. The summed E-state index contributed by atoms with van der Waals surface area (Å²) >= 11 is 0. The molecule has 29 heavy (non-hydrogen) atoms. The Kier molecular flexibility index (Phi) is 5.09. The predicted octanol–water partition coefficient (Wildman–Crippen LogP) is 3.36. The maximum Gasteiger partial charge on any atom is 0.325 e. The third kappa shape index (κ3) is 3.50. The molecule has 0 saturated carbocycles. The Morgan fingerprint density at radius 1 is 1.14 bits per heavy atom. The van der Waals surface area contributed by atoms with E-state index in [1.807, 2.05) is 49.4 Å². The van der Waals surface area contributed by atoms with E-state index >= 15 is 0 Å². The molecule has 1 saturated heterocycles. The number of aryl methyl sites for hydroxylation is 2. The van der Waals surface area contributed by atoms with Gasteiger partial charge in [0.15, 0.2) is 0 Å². The van der Waals surface area contributed by atoms with Crippen LogP contribution in [0.25, 0.3) is 0 Å². The zero-order valence-electron chi connectivity index (χ0n) is 16.5. The Bertz CT molecular complexity index is 971. The van der Waals surface area contributed by atoms with Crippen molar-refractivity contribution in [3.63, 3.8) is 0 Å². The second-order valence-electron chi connectivity index (χ2n) is 7.69. The van der Waals surface area contributed by atoms with Crippen LogP contribution in [0.4, 0.5) is 10.5 Å². The number of nitrogens with zero attached hydrogens (tertiary/aromatic N) is 1. The summed E-state index contributed by atoms with van der Waals surface area (Å²) in [5.74, 6) is -0.727. The van der Waals surface area contributed by atoms with Crippen LogP contribution in [0.1, 0.15) is 42.9 Å². The molecule has 1 spiro atoms. The maximum absolute atomic E-state index is 13.4. The van der Waals surface area contributed by atoms with E-state index in [4.69, 9.17) is 0 Å². The van der Waals surface area contributed by atoms with Gasteiger partial charge in [0, 0.05) is 5.69 Å². The summed E-state index contributed by atoms with van der Waals surface area (Å²) in [6.07, 6.45) is 4.10. The van der Waals surface area contributed by atoms with Crippen LogP contribution in [0.2, 0.25) is 0 Å². The molecule has 4 rings (SSSR count). The highest BCUT2D eigenvalue weighted by Crippen LogP contribution is 2.38. The van der Waals surface area contributed by atoms with Gasteiger partial charge < -0.3 is 10.6 Å². The lowest BCUT2D eigenvalue weighted by Gasteiger charge is -2.27. The van der Waals surface area contributed by atoms with Gasteiger partial charge in [-0.25, -0.2) is 4.79 Å². The average molecular weight is 391 g/mol. The van der Waals surface area contributed by atoms with Gasteiger partial charge in [-0.3, -0.25) is 14.5 Å². The Hall–Kier alpha value is -3.15. The Morgan fingerprint density at radius 2 is 1.97 bits per heavy atom. The molecule has 2 N–H and O–H groups in total. The molecule has 1 unspecified atom stereocenters. The first kappa shape index (κ1) is 19.2. The van der Waals surface area contributed by atoms with Gasteiger partial charge in [-0.1, -0.05) is 43.3 Å². The maximum atomic E-state index is 13.4. The summed E-state index contributed by atoms with van der Waals surface area (Å²) in [7, 11) is 0. The lowest BCUT2D eigenvalue weighted by Crippen LogP contribution is -2.44. The first-order valence-electron chi connectivity index (χ1n) is 10.1. The molecular weight excluding hydrogens is 366 g/mol. The van der Waals surface area contributed by atoms with E-state index < -0.39 is 11.6 Å². The summed E-state index contributed by atoms with van der Waals surface area (Å²) in [6, 6.07) is 14.8. The number of anilines is 1. The van der Waals surface area contributed by atoms with Crippen LogP contribution in [-0.4, -0.2) is 29.3 Å². The molecule has 1 heterocycles. The van der Waals surface area contributed by atoms with Crippen molar-refractivity contribution in [2.24, 2.45) is 0 Å². The number of fused-ring (bicyclic) bond motifs is 2. The molecule has 6 nitrogen and oxygen atoms in total. The van der Waals surface area contributed by atoms with E-state index in [9.17, 15) is 14.4 Å². The summed E-state index contributed by atoms with van der Waals surface area (Å²) in [5, 5.41) is 5.70. The molecule has 1 aliphatic heterocycles.